The summed E-state index contributed by atoms with van der Waals surface area (Å²) in [7, 11) is -3.25. The van der Waals surface area contributed by atoms with Gasteiger partial charge in [0.2, 0.25) is 10.0 Å². The van der Waals surface area contributed by atoms with E-state index in [2.05, 4.69) is 10.0 Å². The number of benzene rings is 1. The van der Waals surface area contributed by atoms with Gasteiger partial charge in [0.15, 0.2) is 0 Å². The first-order valence-corrected chi connectivity index (χ1v) is 9.23. The van der Waals surface area contributed by atoms with Gasteiger partial charge in [-0.15, -0.1) is 0 Å². The molecule has 0 bridgehead atoms. The molecule has 2 atom stereocenters. The van der Waals surface area contributed by atoms with Gasteiger partial charge in [-0.05, 0) is 31.0 Å². The van der Waals surface area contributed by atoms with Crippen molar-refractivity contribution in [2.45, 2.75) is 37.8 Å². The molecule has 21 heavy (non-hydrogen) atoms. The summed E-state index contributed by atoms with van der Waals surface area (Å²) in [4.78, 5) is 0. The summed E-state index contributed by atoms with van der Waals surface area (Å²) >= 11 is 0. The van der Waals surface area contributed by atoms with E-state index in [1.54, 1.807) is 0 Å². The zero-order valence-electron chi connectivity index (χ0n) is 12.0. The highest BCUT2D eigenvalue weighted by atomic mass is 32.2. The molecule has 2 unspecified atom stereocenters. The molecule has 2 aliphatic heterocycles. The normalized spacial score (nSPS) is 25.3. The van der Waals surface area contributed by atoms with Crippen LogP contribution < -0.4 is 14.8 Å². The first-order chi connectivity index (χ1) is 10.1. The Bertz CT molecular complexity index is 557. The number of para-hydroxylation sites is 1. The summed E-state index contributed by atoms with van der Waals surface area (Å²) in [6.45, 7) is 1.25. The largest absolute Gasteiger partial charge is 0.488 e. The lowest BCUT2D eigenvalue weighted by Gasteiger charge is -2.23. The number of piperidine rings is 1. The van der Waals surface area contributed by atoms with Crippen molar-refractivity contribution < 1.29 is 13.2 Å². The molecule has 0 spiro atoms. The highest BCUT2D eigenvalue weighted by Gasteiger charge is 2.25. The van der Waals surface area contributed by atoms with Crippen LogP contribution in [-0.4, -0.2) is 39.4 Å². The number of rotatable bonds is 5. The van der Waals surface area contributed by atoms with Crippen LogP contribution in [0.1, 0.15) is 24.8 Å². The lowest BCUT2D eigenvalue weighted by atomic mass is 10.1. The van der Waals surface area contributed by atoms with Crippen molar-refractivity contribution in [1.82, 2.24) is 10.0 Å². The van der Waals surface area contributed by atoms with Crippen LogP contribution in [0, 0.1) is 0 Å². The number of sulfonamides is 1. The Kier molecular flexibility index (Phi) is 4.47. The molecule has 1 saturated heterocycles. The van der Waals surface area contributed by atoms with Crippen LogP contribution in [0.3, 0.4) is 0 Å². The SMILES string of the molecule is O=S(=O)(CC1CCCCN1)NCC1Cc2ccccc2O1. The summed E-state index contributed by atoms with van der Waals surface area (Å²) in [5.74, 6) is 1.03. The maximum atomic E-state index is 12.1. The molecule has 5 nitrogen and oxygen atoms in total. The van der Waals surface area contributed by atoms with Crippen molar-refractivity contribution in [3.05, 3.63) is 29.8 Å². The minimum atomic E-state index is -3.25. The molecule has 1 aromatic carbocycles. The molecule has 3 rings (SSSR count). The van der Waals surface area contributed by atoms with Gasteiger partial charge in [-0.1, -0.05) is 24.6 Å². The predicted octanol–water partition coefficient (Wildman–Crippen LogP) is 1.05. The maximum Gasteiger partial charge on any atom is 0.213 e. The highest BCUT2D eigenvalue weighted by molar-refractivity contribution is 7.89. The van der Waals surface area contributed by atoms with E-state index in [0.29, 0.717) is 6.54 Å². The third-order valence-electron chi connectivity index (χ3n) is 4.08. The van der Waals surface area contributed by atoms with Crippen LogP contribution in [0.25, 0.3) is 0 Å². The number of fused-ring (bicyclic) bond motifs is 1. The highest BCUT2D eigenvalue weighted by Crippen LogP contribution is 2.27. The van der Waals surface area contributed by atoms with Crippen LogP contribution >= 0.6 is 0 Å². The van der Waals surface area contributed by atoms with E-state index < -0.39 is 10.0 Å². The molecule has 0 amide bonds. The number of nitrogens with one attached hydrogen (secondary N) is 2. The van der Waals surface area contributed by atoms with Crippen molar-refractivity contribution in [2.75, 3.05) is 18.8 Å². The Hall–Kier alpha value is -1.11. The second-order valence-electron chi connectivity index (χ2n) is 5.83. The van der Waals surface area contributed by atoms with E-state index in [4.69, 9.17) is 4.74 Å². The molecule has 0 aromatic heterocycles. The van der Waals surface area contributed by atoms with Gasteiger partial charge in [0.25, 0.3) is 0 Å². The Balaban J connectivity index is 1.49. The molecule has 2 heterocycles. The average molecular weight is 310 g/mol. The lowest BCUT2D eigenvalue weighted by Crippen LogP contribution is -2.44. The molecule has 0 radical (unpaired) electrons. The molecular formula is C15H22N2O3S. The summed E-state index contributed by atoms with van der Waals surface area (Å²) in [6.07, 6.45) is 3.84. The van der Waals surface area contributed by atoms with E-state index in [0.717, 1.165) is 43.5 Å². The predicted molar refractivity (Wildman–Crippen MR) is 82.0 cm³/mol. The fraction of sp³-hybridized carbons (Fsp3) is 0.600. The molecule has 6 heteroatoms. The molecule has 2 aliphatic rings. The lowest BCUT2D eigenvalue weighted by molar-refractivity contribution is 0.236. The molecule has 0 saturated carbocycles. The van der Waals surface area contributed by atoms with Gasteiger partial charge in [0, 0.05) is 19.0 Å². The van der Waals surface area contributed by atoms with Gasteiger partial charge in [0.1, 0.15) is 11.9 Å². The van der Waals surface area contributed by atoms with Crippen molar-refractivity contribution in [1.29, 1.82) is 0 Å². The van der Waals surface area contributed by atoms with Crippen molar-refractivity contribution in [3.63, 3.8) is 0 Å². The van der Waals surface area contributed by atoms with Gasteiger partial charge in [-0.3, -0.25) is 0 Å². The Labute approximate surface area is 126 Å². The van der Waals surface area contributed by atoms with Crippen molar-refractivity contribution in [2.24, 2.45) is 0 Å². The zero-order chi connectivity index (χ0) is 14.7. The smallest absolute Gasteiger partial charge is 0.213 e. The molecule has 0 aliphatic carbocycles. The van der Waals surface area contributed by atoms with Gasteiger partial charge < -0.3 is 10.1 Å². The van der Waals surface area contributed by atoms with E-state index >= 15 is 0 Å². The molecule has 1 aromatic rings. The summed E-state index contributed by atoms with van der Waals surface area (Å²) in [6, 6.07) is 7.94. The van der Waals surface area contributed by atoms with E-state index in [1.165, 1.54) is 0 Å². The molecule has 2 N–H and O–H groups in total. The van der Waals surface area contributed by atoms with Gasteiger partial charge in [0.05, 0.1) is 5.75 Å². The fourth-order valence-corrected chi connectivity index (χ4v) is 4.35. The summed E-state index contributed by atoms with van der Waals surface area (Å²) in [5, 5.41) is 3.27. The minimum Gasteiger partial charge on any atom is -0.488 e. The third kappa shape index (κ3) is 3.96. The second kappa shape index (κ2) is 6.34. The van der Waals surface area contributed by atoms with Gasteiger partial charge in [-0.25, -0.2) is 13.1 Å². The second-order valence-corrected chi connectivity index (χ2v) is 7.68. The summed E-state index contributed by atoms with van der Waals surface area (Å²) in [5.41, 5.74) is 1.15. The molecule has 116 valence electrons. The summed E-state index contributed by atoms with van der Waals surface area (Å²) < 4.78 is 32.7. The van der Waals surface area contributed by atoms with Crippen molar-refractivity contribution in [3.8, 4) is 5.75 Å². The van der Waals surface area contributed by atoms with Crippen LogP contribution in [0.5, 0.6) is 5.75 Å². The van der Waals surface area contributed by atoms with Crippen LogP contribution in [0.4, 0.5) is 0 Å². The third-order valence-corrected chi connectivity index (χ3v) is 5.53. The topological polar surface area (TPSA) is 67.4 Å². The monoisotopic (exact) mass is 310 g/mol. The standard InChI is InChI=1S/C15H22N2O3S/c18-21(19,11-13-6-3-4-8-16-13)17-10-14-9-12-5-1-2-7-15(12)20-14/h1-2,5,7,13-14,16-17H,3-4,6,8-11H2. The quantitative estimate of drug-likeness (QED) is 0.853. The molecular weight excluding hydrogens is 288 g/mol. The van der Waals surface area contributed by atoms with Crippen LogP contribution in [0.15, 0.2) is 24.3 Å². The van der Waals surface area contributed by atoms with Crippen molar-refractivity contribution >= 4 is 10.0 Å². The first kappa shape index (κ1) is 14.8. The number of hydrogen-bond acceptors (Lipinski definition) is 4. The van der Waals surface area contributed by atoms with E-state index in [1.807, 2.05) is 24.3 Å². The zero-order valence-corrected chi connectivity index (χ0v) is 12.9. The Morgan fingerprint density at radius 1 is 1.29 bits per heavy atom. The Morgan fingerprint density at radius 3 is 2.90 bits per heavy atom. The van der Waals surface area contributed by atoms with Gasteiger partial charge in [-0.2, -0.15) is 0 Å². The average Bonchev–Trinajstić information content (AvgIpc) is 2.89. The number of ether oxygens (including phenoxy) is 1. The van der Waals surface area contributed by atoms with Crippen LogP contribution in [0.2, 0.25) is 0 Å². The van der Waals surface area contributed by atoms with E-state index in [9.17, 15) is 8.42 Å². The first-order valence-electron chi connectivity index (χ1n) is 7.58. The maximum absolute atomic E-state index is 12.1. The molecule has 1 fully saturated rings. The fourth-order valence-electron chi connectivity index (χ4n) is 2.98. The van der Waals surface area contributed by atoms with Crippen LogP contribution in [-0.2, 0) is 16.4 Å². The van der Waals surface area contributed by atoms with Gasteiger partial charge >= 0.3 is 0 Å². The minimum absolute atomic E-state index is 0.0814. The number of hydrogen-bond donors (Lipinski definition) is 2. The van der Waals surface area contributed by atoms with E-state index in [-0.39, 0.29) is 17.9 Å². The Morgan fingerprint density at radius 2 is 2.14 bits per heavy atom.